The second-order valence-electron chi connectivity index (χ2n) is 8.10. The van der Waals surface area contributed by atoms with E-state index in [4.69, 9.17) is 9.47 Å². The van der Waals surface area contributed by atoms with Crippen LogP contribution in [0.4, 0.5) is 11.5 Å². The van der Waals surface area contributed by atoms with Crippen LogP contribution in [0.25, 0.3) is 11.0 Å². The van der Waals surface area contributed by atoms with Gasteiger partial charge in [-0.25, -0.2) is 15.0 Å². The number of morpholine rings is 1. The van der Waals surface area contributed by atoms with E-state index < -0.39 is 0 Å². The highest BCUT2D eigenvalue weighted by molar-refractivity contribution is 5.85. The van der Waals surface area contributed by atoms with Crippen LogP contribution in [0.5, 0.6) is 5.75 Å². The van der Waals surface area contributed by atoms with Crippen molar-refractivity contribution in [3.05, 3.63) is 42.6 Å². The third kappa shape index (κ3) is 4.41. The van der Waals surface area contributed by atoms with Gasteiger partial charge in [0, 0.05) is 43.3 Å². The SMILES string of the molecule is N#Cc1cncnc1N[C@H]1CC[C@@H](Oc2cc(N3CCOCC3)cc3nccnc23)CC1. The van der Waals surface area contributed by atoms with Gasteiger partial charge in [0.25, 0.3) is 0 Å². The van der Waals surface area contributed by atoms with Crippen LogP contribution >= 0.6 is 0 Å². The first-order chi connectivity index (χ1) is 15.8. The second kappa shape index (κ2) is 9.32. The molecule has 1 aliphatic heterocycles. The van der Waals surface area contributed by atoms with Gasteiger partial charge in [0.15, 0.2) is 0 Å². The summed E-state index contributed by atoms with van der Waals surface area (Å²) in [5.41, 5.74) is 3.20. The molecule has 9 nitrogen and oxygen atoms in total. The van der Waals surface area contributed by atoms with E-state index in [9.17, 15) is 5.26 Å². The first-order valence-electron chi connectivity index (χ1n) is 11.0. The highest BCUT2D eigenvalue weighted by Crippen LogP contribution is 2.33. The summed E-state index contributed by atoms with van der Waals surface area (Å²) < 4.78 is 12.0. The third-order valence-electron chi connectivity index (χ3n) is 6.04. The van der Waals surface area contributed by atoms with E-state index >= 15 is 0 Å². The zero-order chi connectivity index (χ0) is 21.8. The minimum Gasteiger partial charge on any atom is -0.488 e. The lowest BCUT2D eigenvalue weighted by atomic mass is 9.92. The molecule has 1 N–H and O–H groups in total. The maximum absolute atomic E-state index is 9.25. The number of nitrogens with one attached hydrogen (secondary N) is 1. The Morgan fingerprint density at radius 1 is 1.06 bits per heavy atom. The Labute approximate surface area is 186 Å². The number of rotatable bonds is 5. The van der Waals surface area contributed by atoms with Gasteiger partial charge in [0.2, 0.25) is 0 Å². The van der Waals surface area contributed by atoms with Crippen LogP contribution in [-0.4, -0.2) is 58.4 Å². The lowest BCUT2D eigenvalue weighted by Gasteiger charge is -2.31. The molecule has 1 aliphatic carbocycles. The maximum Gasteiger partial charge on any atom is 0.149 e. The van der Waals surface area contributed by atoms with Crippen molar-refractivity contribution in [2.75, 3.05) is 36.5 Å². The normalized spacial score (nSPS) is 21.2. The first kappa shape index (κ1) is 20.4. The molecule has 2 fully saturated rings. The third-order valence-corrected chi connectivity index (χ3v) is 6.04. The summed E-state index contributed by atoms with van der Waals surface area (Å²) in [5.74, 6) is 1.39. The van der Waals surface area contributed by atoms with Crippen LogP contribution in [0, 0.1) is 11.3 Å². The summed E-state index contributed by atoms with van der Waals surface area (Å²) in [4.78, 5) is 19.5. The molecule has 32 heavy (non-hydrogen) atoms. The van der Waals surface area contributed by atoms with Gasteiger partial charge in [-0.2, -0.15) is 5.26 Å². The van der Waals surface area contributed by atoms with Crippen molar-refractivity contribution in [3.8, 4) is 11.8 Å². The van der Waals surface area contributed by atoms with Gasteiger partial charge in [0.1, 0.15) is 35.0 Å². The monoisotopic (exact) mass is 431 g/mol. The van der Waals surface area contributed by atoms with Gasteiger partial charge < -0.3 is 19.7 Å². The van der Waals surface area contributed by atoms with Crippen molar-refractivity contribution >= 4 is 22.5 Å². The largest absolute Gasteiger partial charge is 0.488 e. The van der Waals surface area contributed by atoms with E-state index in [0.29, 0.717) is 11.4 Å². The number of anilines is 2. The molecule has 5 rings (SSSR count). The fourth-order valence-electron chi connectivity index (χ4n) is 4.35. The molecule has 2 aromatic heterocycles. The standard InChI is InChI=1S/C23H25N7O2/c24-13-16-14-25-15-28-23(16)29-17-1-3-19(4-2-17)32-21-12-18(30-7-9-31-10-8-30)11-20-22(21)27-6-5-26-20/h5-6,11-12,14-15,17,19H,1-4,7-10H2,(H,25,28,29)/t17-,19+. The predicted molar refractivity (Wildman–Crippen MR) is 120 cm³/mol. The number of hydrogen-bond acceptors (Lipinski definition) is 9. The predicted octanol–water partition coefficient (Wildman–Crippen LogP) is 2.93. The minimum absolute atomic E-state index is 0.110. The lowest BCUT2D eigenvalue weighted by Crippen LogP contribution is -2.36. The smallest absolute Gasteiger partial charge is 0.149 e. The minimum atomic E-state index is 0.110. The van der Waals surface area contributed by atoms with E-state index in [1.807, 2.05) is 0 Å². The number of nitriles is 1. The maximum atomic E-state index is 9.25. The highest BCUT2D eigenvalue weighted by atomic mass is 16.5. The number of ether oxygens (including phenoxy) is 2. The molecule has 9 heteroatoms. The van der Waals surface area contributed by atoms with Gasteiger partial charge in [-0.05, 0) is 31.7 Å². The molecule has 0 radical (unpaired) electrons. The molecule has 3 aromatic rings. The summed E-state index contributed by atoms with van der Waals surface area (Å²) in [5, 5.41) is 12.6. The van der Waals surface area contributed by atoms with Crippen molar-refractivity contribution in [2.24, 2.45) is 0 Å². The van der Waals surface area contributed by atoms with Gasteiger partial charge in [-0.1, -0.05) is 0 Å². The van der Waals surface area contributed by atoms with Crippen molar-refractivity contribution in [1.29, 1.82) is 5.26 Å². The number of fused-ring (bicyclic) bond motifs is 1. The van der Waals surface area contributed by atoms with Gasteiger partial charge in [-0.15, -0.1) is 0 Å². The van der Waals surface area contributed by atoms with Crippen LogP contribution in [-0.2, 0) is 4.74 Å². The molecule has 0 bridgehead atoms. The van der Waals surface area contributed by atoms with E-state index in [-0.39, 0.29) is 12.1 Å². The van der Waals surface area contributed by atoms with E-state index in [1.165, 1.54) is 12.5 Å². The second-order valence-corrected chi connectivity index (χ2v) is 8.10. The zero-order valence-electron chi connectivity index (χ0n) is 17.8. The molecular weight excluding hydrogens is 406 g/mol. The van der Waals surface area contributed by atoms with E-state index in [1.54, 1.807) is 12.4 Å². The summed E-state index contributed by atoms with van der Waals surface area (Å²) in [6.45, 7) is 3.17. The Morgan fingerprint density at radius 2 is 1.88 bits per heavy atom. The molecular formula is C23H25N7O2. The first-order valence-corrected chi connectivity index (χ1v) is 11.0. The van der Waals surface area contributed by atoms with Crippen LogP contribution in [0.1, 0.15) is 31.2 Å². The molecule has 1 aromatic carbocycles. The average Bonchev–Trinajstić information content (AvgIpc) is 2.86. The summed E-state index contributed by atoms with van der Waals surface area (Å²) in [6, 6.07) is 6.57. The molecule has 0 amide bonds. The molecule has 1 saturated carbocycles. The van der Waals surface area contributed by atoms with E-state index in [2.05, 4.69) is 48.4 Å². The molecule has 0 unspecified atom stereocenters. The Kier molecular flexibility index (Phi) is 5.94. The Morgan fingerprint density at radius 3 is 2.69 bits per heavy atom. The van der Waals surface area contributed by atoms with Crippen LogP contribution in [0.3, 0.4) is 0 Å². The number of aromatic nitrogens is 4. The van der Waals surface area contributed by atoms with E-state index in [0.717, 1.165) is 74.5 Å². The lowest BCUT2D eigenvalue weighted by molar-refractivity contribution is 0.122. The van der Waals surface area contributed by atoms with Gasteiger partial charge in [0.05, 0.1) is 31.0 Å². The number of benzene rings is 1. The van der Waals surface area contributed by atoms with Crippen LogP contribution in [0.2, 0.25) is 0 Å². The molecule has 3 heterocycles. The molecule has 1 saturated heterocycles. The van der Waals surface area contributed by atoms with Crippen molar-refractivity contribution in [2.45, 2.75) is 37.8 Å². The Bertz CT molecular complexity index is 1120. The number of hydrogen-bond donors (Lipinski definition) is 1. The van der Waals surface area contributed by atoms with Crippen molar-refractivity contribution < 1.29 is 9.47 Å². The Balaban J connectivity index is 1.28. The van der Waals surface area contributed by atoms with Crippen molar-refractivity contribution in [3.63, 3.8) is 0 Å². The Hall–Kier alpha value is -3.51. The summed E-state index contributed by atoms with van der Waals surface area (Å²) in [7, 11) is 0. The fourth-order valence-corrected chi connectivity index (χ4v) is 4.35. The van der Waals surface area contributed by atoms with Crippen LogP contribution in [0.15, 0.2) is 37.1 Å². The molecule has 164 valence electrons. The summed E-state index contributed by atoms with van der Waals surface area (Å²) >= 11 is 0. The molecule has 0 spiro atoms. The number of nitrogens with zero attached hydrogens (tertiary/aromatic N) is 6. The fraction of sp³-hybridized carbons (Fsp3) is 0.435. The van der Waals surface area contributed by atoms with Gasteiger partial charge >= 0.3 is 0 Å². The zero-order valence-corrected chi connectivity index (χ0v) is 17.8. The highest BCUT2D eigenvalue weighted by Gasteiger charge is 2.25. The van der Waals surface area contributed by atoms with Crippen molar-refractivity contribution in [1.82, 2.24) is 19.9 Å². The molecule has 2 aliphatic rings. The van der Waals surface area contributed by atoms with Gasteiger partial charge in [-0.3, -0.25) is 4.98 Å². The summed E-state index contributed by atoms with van der Waals surface area (Å²) in [6.07, 6.45) is 10.2. The van der Waals surface area contributed by atoms with Crippen LogP contribution < -0.4 is 15.0 Å². The average molecular weight is 432 g/mol. The quantitative estimate of drug-likeness (QED) is 0.652. The topological polar surface area (TPSA) is 109 Å². The molecule has 0 atom stereocenters.